The summed E-state index contributed by atoms with van der Waals surface area (Å²) in [7, 11) is 2.16. The van der Waals surface area contributed by atoms with Gasteiger partial charge in [0.25, 0.3) is 0 Å². The van der Waals surface area contributed by atoms with Gasteiger partial charge in [0.2, 0.25) is 0 Å². The summed E-state index contributed by atoms with van der Waals surface area (Å²) in [5.74, 6) is 1.37. The number of aliphatic imine (C=N–C) groups is 1. The highest BCUT2D eigenvalue weighted by atomic mass is 16.3. The van der Waals surface area contributed by atoms with Crippen molar-refractivity contribution in [1.29, 1.82) is 0 Å². The van der Waals surface area contributed by atoms with E-state index in [1.165, 1.54) is 11.1 Å². The Morgan fingerprint density at radius 1 is 0.957 bits per heavy atom. The first kappa shape index (κ1) is 14.3. The summed E-state index contributed by atoms with van der Waals surface area (Å²) in [5.41, 5.74) is 4.54. The molecule has 1 fully saturated rings. The van der Waals surface area contributed by atoms with Crippen LogP contribution in [0, 0.1) is 0 Å². The fraction of sp³-hybridized carbons (Fsp3) is 0.316. The van der Waals surface area contributed by atoms with E-state index in [2.05, 4.69) is 41.1 Å². The molecule has 0 saturated carbocycles. The zero-order chi connectivity index (χ0) is 15.8. The molecule has 2 aromatic carbocycles. The van der Waals surface area contributed by atoms with Crippen molar-refractivity contribution in [2.24, 2.45) is 4.99 Å². The van der Waals surface area contributed by atoms with Crippen LogP contribution in [0.5, 0.6) is 5.75 Å². The Bertz CT molecular complexity index is 761. The van der Waals surface area contributed by atoms with Crippen molar-refractivity contribution in [3.05, 3.63) is 59.2 Å². The van der Waals surface area contributed by atoms with Crippen LogP contribution in [0.3, 0.4) is 0 Å². The number of hydrogen-bond acceptors (Lipinski definition) is 4. The summed E-state index contributed by atoms with van der Waals surface area (Å²) < 4.78 is 0. The molecule has 2 aliphatic rings. The van der Waals surface area contributed by atoms with Gasteiger partial charge in [0, 0.05) is 38.2 Å². The molecule has 2 heterocycles. The number of phenolic OH excluding ortho intramolecular Hbond substituents is 1. The highest BCUT2D eigenvalue weighted by molar-refractivity contribution is 6.02. The first-order valence-electron chi connectivity index (χ1n) is 8.13. The smallest absolute Gasteiger partial charge is 0.136 e. The molecule has 0 unspecified atom stereocenters. The molecule has 23 heavy (non-hydrogen) atoms. The predicted molar refractivity (Wildman–Crippen MR) is 92.6 cm³/mol. The van der Waals surface area contributed by atoms with Crippen LogP contribution in [0.15, 0.2) is 47.5 Å². The molecule has 0 spiro atoms. The van der Waals surface area contributed by atoms with E-state index in [1.54, 1.807) is 6.07 Å². The van der Waals surface area contributed by atoms with Crippen molar-refractivity contribution in [1.82, 2.24) is 9.80 Å². The van der Waals surface area contributed by atoms with Crippen LogP contribution in [-0.4, -0.2) is 54.0 Å². The molecule has 118 valence electrons. The first-order valence-corrected chi connectivity index (χ1v) is 8.13. The van der Waals surface area contributed by atoms with Gasteiger partial charge in [-0.15, -0.1) is 0 Å². The summed E-state index contributed by atoms with van der Waals surface area (Å²) in [6.45, 7) is 4.11. The molecule has 0 radical (unpaired) electrons. The van der Waals surface area contributed by atoms with E-state index in [-0.39, 0.29) is 0 Å². The summed E-state index contributed by atoms with van der Waals surface area (Å²) >= 11 is 0. The van der Waals surface area contributed by atoms with Crippen molar-refractivity contribution in [2.75, 3.05) is 33.2 Å². The van der Waals surface area contributed by atoms with E-state index in [9.17, 15) is 5.11 Å². The summed E-state index contributed by atoms with van der Waals surface area (Å²) in [4.78, 5) is 9.73. The van der Waals surface area contributed by atoms with Gasteiger partial charge in [-0.25, -0.2) is 4.99 Å². The minimum atomic E-state index is 0.305. The molecule has 2 aromatic rings. The van der Waals surface area contributed by atoms with E-state index in [1.807, 2.05) is 12.1 Å². The van der Waals surface area contributed by atoms with Crippen molar-refractivity contribution < 1.29 is 5.11 Å². The molecule has 2 aliphatic heterocycles. The minimum absolute atomic E-state index is 0.305. The number of piperazine rings is 1. The number of aromatic hydroxyl groups is 1. The quantitative estimate of drug-likeness (QED) is 0.813. The van der Waals surface area contributed by atoms with Crippen LogP contribution in [0.2, 0.25) is 0 Å². The highest BCUT2D eigenvalue weighted by Crippen LogP contribution is 2.32. The largest absolute Gasteiger partial charge is 0.508 e. The van der Waals surface area contributed by atoms with Gasteiger partial charge < -0.3 is 14.9 Å². The fourth-order valence-corrected chi connectivity index (χ4v) is 3.35. The topological polar surface area (TPSA) is 39.1 Å². The van der Waals surface area contributed by atoms with Gasteiger partial charge in [0.05, 0.1) is 5.69 Å². The number of rotatable bonds is 0. The molecule has 4 heteroatoms. The molecular formula is C19H21N3O. The molecule has 1 saturated heterocycles. The summed E-state index contributed by atoms with van der Waals surface area (Å²) in [6, 6.07) is 14.0. The number of likely N-dealkylation sites (N-methyl/N-ethyl adjacent to an activating group) is 1. The van der Waals surface area contributed by atoms with Gasteiger partial charge in [-0.1, -0.05) is 24.3 Å². The van der Waals surface area contributed by atoms with Crippen molar-refractivity contribution >= 4 is 11.5 Å². The maximum absolute atomic E-state index is 9.81. The SMILES string of the molecule is CN1CCN(C2=Nc3ccc(O)cc3Cc3ccccc32)CC1. The van der Waals surface area contributed by atoms with E-state index in [0.29, 0.717) is 5.75 Å². The van der Waals surface area contributed by atoms with Gasteiger partial charge in [-0.3, -0.25) is 0 Å². The molecule has 0 aliphatic carbocycles. The Morgan fingerprint density at radius 3 is 2.57 bits per heavy atom. The Kier molecular flexibility index (Phi) is 3.54. The number of hydrogen-bond donors (Lipinski definition) is 1. The number of phenols is 1. The predicted octanol–water partition coefficient (Wildman–Crippen LogP) is 2.62. The van der Waals surface area contributed by atoms with E-state index >= 15 is 0 Å². The van der Waals surface area contributed by atoms with Crippen molar-refractivity contribution in [3.63, 3.8) is 0 Å². The lowest BCUT2D eigenvalue weighted by Crippen LogP contribution is -2.47. The molecule has 0 aromatic heterocycles. The van der Waals surface area contributed by atoms with Crippen LogP contribution in [0.4, 0.5) is 5.69 Å². The lowest BCUT2D eigenvalue weighted by Gasteiger charge is -2.35. The molecule has 0 atom stereocenters. The zero-order valence-corrected chi connectivity index (χ0v) is 13.4. The number of nitrogens with zero attached hydrogens (tertiary/aromatic N) is 3. The van der Waals surface area contributed by atoms with E-state index in [0.717, 1.165) is 49.7 Å². The zero-order valence-electron chi connectivity index (χ0n) is 13.4. The van der Waals surface area contributed by atoms with Gasteiger partial charge in [0.1, 0.15) is 11.6 Å². The van der Waals surface area contributed by atoms with Crippen molar-refractivity contribution in [3.8, 4) is 5.75 Å². The second kappa shape index (κ2) is 5.70. The third-order valence-corrected chi connectivity index (χ3v) is 4.73. The van der Waals surface area contributed by atoms with Crippen LogP contribution in [0.1, 0.15) is 16.7 Å². The Hall–Kier alpha value is -2.33. The number of fused-ring (bicyclic) bond motifs is 2. The van der Waals surface area contributed by atoms with Gasteiger partial charge in [0.15, 0.2) is 0 Å². The Balaban J connectivity index is 1.82. The molecule has 1 N–H and O–H groups in total. The Labute approximate surface area is 136 Å². The van der Waals surface area contributed by atoms with Crippen LogP contribution in [0.25, 0.3) is 0 Å². The standard InChI is InChI=1S/C19H21N3O/c1-21-8-10-22(11-9-21)19-17-5-3-2-4-14(17)12-15-13-16(23)6-7-18(15)20-19/h2-7,13,23H,8-12H2,1H3. The van der Waals surface area contributed by atoms with E-state index < -0.39 is 0 Å². The van der Waals surface area contributed by atoms with Crippen LogP contribution >= 0.6 is 0 Å². The maximum atomic E-state index is 9.81. The second-order valence-corrected chi connectivity index (χ2v) is 6.37. The average molecular weight is 307 g/mol. The fourth-order valence-electron chi connectivity index (χ4n) is 3.35. The van der Waals surface area contributed by atoms with Crippen LogP contribution in [-0.2, 0) is 6.42 Å². The third-order valence-electron chi connectivity index (χ3n) is 4.73. The van der Waals surface area contributed by atoms with Gasteiger partial charge in [-0.2, -0.15) is 0 Å². The molecule has 4 rings (SSSR count). The summed E-state index contributed by atoms with van der Waals surface area (Å²) in [6.07, 6.45) is 0.806. The molecule has 0 amide bonds. The second-order valence-electron chi connectivity index (χ2n) is 6.37. The van der Waals surface area contributed by atoms with E-state index in [4.69, 9.17) is 4.99 Å². The van der Waals surface area contributed by atoms with Crippen LogP contribution < -0.4 is 0 Å². The van der Waals surface area contributed by atoms with Gasteiger partial charge in [-0.05, 0) is 36.4 Å². The summed E-state index contributed by atoms with van der Waals surface area (Å²) in [5, 5.41) is 9.81. The molecule has 4 nitrogen and oxygen atoms in total. The first-order chi connectivity index (χ1) is 11.2. The molecule has 0 bridgehead atoms. The minimum Gasteiger partial charge on any atom is -0.508 e. The Morgan fingerprint density at radius 2 is 1.74 bits per heavy atom. The van der Waals surface area contributed by atoms with Gasteiger partial charge >= 0.3 is 0 Å². The number of benzene rings is 2. The molecular weight excluding hydrogens is 286 g/mol. The highest BCUT2D eigenvalue weighted by Gasteiger charge is 2.23. The normalized spacial score (nSPS) is 18.0. The van der Waals surface area contributed by atoms with Crippen molar-refractivity contribution in [2.45, 2.75) is 6.42 Å². The third kappa shape index (κ3) is 2.70. The lowest BCUT2D eigenvalue weighted by molar-refractivity contribution is 0.216. The average Bonchev–Trinajstić information content (AvgIpc) is 2.72. The maximum Gasteiger partial charge on any atom is 0.136 e. The monoisotopic (exact) mass is 307 g/mol. The number of amidine groups is 1. The lowest BCUT2D eigenvalue weighted by atomic mass is 9.99.